The molecule has 0 aliphatic heterocycles. The molecule has 8 nitrogen and oxygen atoms in total. The van der Waals surface area contributed by atoms with Crippen LogP contribution in [0.4, 0.5) is 5.69 Å². The van der Waals surface area contributed by atoms with E-state index in [1.807, 2.05) is 22.6 Å². The molecular formula is C22H18ClIN4O4S2. The number of nitrogens with one attached hydrogen (secondary N) is 2. The third-order valence-electron chi connectivity index (χ3n) is 5.05. The second-order valence-corrected chi connectivity index (χ2v) is 11.3. The molecule has 0 fully saturated rings. The summed E-state index contributed by atoms with van der Waals surface area (Å²) < 4.78 is 37.8. The topological polar surface area (TPSA) is 121 Å². The molecule has 3 N–H and O–H groups in total. The molecule has 4 aromatic rings. The number of halogens is 2. The van der Waals surface area contributed by atoms with Crippen LogP contribution in [-0.2, 0) is 10.0 Å². The molecule has 0 saturated heterocycles. The summed E-state index contributed by atoms with van der Waals surface area (Å²) in [6.07, 6.45) is -0.986. The van der Waals surface area contributed by atoms with Crippen LogP contribution in [0.25, 0.3) is 11.0 Å². The van der Waals surface area contributed by atoms with Crippen LogP contribution in [0.2, 0.25) is 5.02 Å². The van der Waals surface area contributed by atoms with Crippen LogP contribution in [0, 0.1) is 3.57 Å². The second kappa shape index (κ2) is 10.1. The van der Waals surface area contributed by atoms with Crippen molar-refractivity contribution in [3.63, 3.8) is 0 Å². The molecule has 34 heavy (non-hydrogen) atoms. The van der Waals surface area contributed by atoms with E-state index < -0.39 is 28.1 Å². The predicted octanol–water partition coefficient (Wildman–Crippen LogP) is 4.60. The summed E-state index contributed by atoms with van der Waals surface area (Å²) in [5.41, 5.74) is 1.54. The number of aromatic nitrogens is 2. The number of hydrogen-bond donors (Lipinski definition) is 3. The Balaban J connectivity index is 1.60. The zero-order chi connectivity index (χ0) is 24.5. The van der Waals surface area contributed by atoms with Crippen molar-refractivity contribution in [2.45, 2.75) is 24.0 Å². The molecule has 2 atom stereocenters. The van der Waals surface area contributed by atoms with E-state index in [0.717, 1.165) is 15.3 Å². The molecule has 1 unspecified atom stereocenters. The largest absolute Gasteiger partial charge is 0.386 e. The lowest BCUT2D eigenvalue weighted by Crippen LogP contribution is -2.37. The van der Waals surface area contributed by atoms with Gasteiger partial charge in [0.25, 0.3) is 15.9 Å². The summed E-state index contributed by atoms with van der Waals surface area (Å²) in [4.78, 5) is 13.0. The number of anilines is 1. The van der Waals surface area contributed by atoms with Gasteiger partial charge in [-0.25, -0.2) is 8.42 Å². The number of aliphatic hydroxyl groups excluding tert-OH is 1. The molecule has 0 saturated carbocycles. The number of amides is 1. The first-order valence-electron chi connectivity index (χ1n) is 9.94. The molecule has 0 radical (unpaired) electrons. The van der Waals surface area contributed by atoms with E-state index >= 15 is 0 Å². The molecule has 1 amide bonds. The molecule has 3 aromatic carbocycles. The Bertz CT molecular complexity index is 1460. The quantitative estimate of drug-likeness (QED) is 0.257. The fraction of sp³-hybridized carbons (Fsp3) is 0.136. The molecular weight excluding hydrogens is 611 g/mol. The number of nitrogens with zero attached hydrogens (tertiary/aromatic N) is 2. The maximum absolute atomic E-state index is 13.2. The van der Waals surface area contributed by atoms with E-state index in [1.54, 1.807) is 55.5 Å². The summed E-state index contributed by atoms with van der Waals surface area (Å²) >= 11 is 8.85. The molecule has 0 aliphatic carbocycles. The maximum Gasteiger partial charge on any atom is 0.264 e. The van der Waals surface area contributed by atoms with E-state index in [2.05, 4.69) is 18.8 Å². The first-order chi connectivity index (χ1) is 16.2. The third-order valence-corrected chi connectivity index (χ3v) is 7.92. The van der Waals surface area contributed by atoms with Gasteiger partial charge >= 0.3 is 0 Å². The Morgan fingerprint density at radius 3 is 2.59 bits per heavy atom. The van der Waals surface area contributed by atoms with Gasteiger partial charge in [0.1, 0.15) is 15.9 Å². The highest BCUT2D eigenvalue weighted by atomic mass is 127. The predicted molar refractivity (Wildman–Crippen MR) is 141 cm³/mol. The van der Waals surface area contributed by atoms with E-state index in [9.17, 15) is 18.3 Å². The molecule has 176 valence electrons. The van der Waals surface area contributed by atoms with Crippen molar-refractivity contribution >= 4 is 78.6 Å². The van der Waals surface area contributed by atoms with Crippen molar-refractivity contribution in [3.8, 4) is 0 Å². The minimum absolute atomic E-state index is 0.0319. The van der Waals surface area contributed by atoms with Gasteiger partial charge in [0.05, 0.1) is 35.1 Å². The second-order valence-electron chi connectivity index (χ2n) is 7.44. The third kappa shape index (κ3) is 5.33. The van der Waals surface area contributed by atoms with Gasteiger partial charge in [0.2, 0.25) is 0 Å². The Kier molecular flexibility index (Phi) is 7.38. The van der Waals surface area contributed by atoms with Crippen LogP contribution in [0.15, 0.2) is 65.6 Å². The average Bonchev–Trinajstić information content (AvgIpc) is 3.27. The van der Waals surface area contributed by atoms with Gasteiger partial charge in [-0.15, -0.1) is 0 Å². The monoisotopic (exact) mass is 628 g/mol. The summed E-state index contributed by atoms with van der Waals surface area (Å²) in [5.74, 6) is -0.539. The van der Waals surface area contributed by atoms with E-state index in [4.69, 9.17) is 11.6 Å². The number of benzene rings is 3. The number of carbonyl (C=O) groups excluding carboxylic acids is 1. The zero-order valence-corrected chi connectivity index (χ0v) is 22.1. The van der Waals surface area contributed by atoms with Crippen LogP contribution in [-0.4, -0.2) is 34.2 Å². The van der Waals surface area contributed by atoms with Crippen molar-refractivity contribution in [2.75, 3.05) is 4.72 Å². The van der Waals surface area contributed by atoms with Crippen molar-refractivity contribution in [1.82, 2.24) is 14.1 Å². The van der Waals surface area contributed by atoms with Crippen LogP contribution in [0.3, 0.4) is 0 Å². The first-order valence-corrected chi connectivity index (χ1v) is 13.6. The van der Waals surface area contributed by atoms with E-state index in [-0.39, 0.29) is 21.7 Å². The minimum Gasteiger partial charge on any atom is -0.386 e. The van der Waals surface area contributed by atoms with Crippen LogP contribution in [0.5, 0.6) is 0 Å². The highest BCUT2D eigenvalue weighted by Crippen LogP contribution is 2.27. The van der Waals surface area contributed by atoms with Crippen LogP contribution in [0.1, 0.15) is 28.9 Å². The Hall–Kier alpha value is -2.32. The van der Waals surface area contributed by atoms with Crippen molar-refractivity contribution in [1.29, 1.82) is 0 Å². The van der Waals surface area contributed by atoms with Gasteiger partial charge in [-0.05, 0) is 77.5 Å². The summed E-state index contributed by atoms with van der Waals surface area (Å²) in [5, 5.41) is 13.9. The number of rotatable bonds is 7. The van der Waals surface area contributed by atoms with Gasteiger partial charge < -0.3 is 10.4 Å². The first kappa shape index (κ1) is 24.8. The SMILES string of the molecule is CC(NC(=O)c1ccc(I)cc1NS(=O)(=O)c1cccc2nsnc12)[C@@H](O)c1ccc(Cl)cc1. The van der Waals surface area contributed by atoms with Gasteiger partial charge in [-0.1, -0.05) is 29.8 Å². The normalized spacial score (nSPS) is 13.4. The van der Waals surface area contributed by atoms with E-state index in [1.165, 1.54) is 12.1 Å². The van der Waals surface area contributed by atoms with Crippen LogP contribution < -0.4 is 10.0 Å². The Morgan fingerprint density at radius 2 is 1.85 bits per heavy atom. The smallest absolute Gasteiger partial charge is 0.264 e. The molecule has 0 bridgehead atoms. The van der Waals surface area contributed by atoms with Gasteiger partial charge in [0.15, 0.2) is 0 Å². The number of hydrogen-bond acceptors (Lipinski definition) is 7. The summed E-state index contributed by atoms with van der Waals surface area (Å²) in [7, 11) is -4.07. The molecule has 1 aromatic heterocycles. The van der Waals surface area contributed by atoms with Gasteiger partial charge in [-0.2, -0.15) is 8.75 Å². The molecule has 1 heterocycles. The highest BCUT2D eigenvalue weighted by Gasteiger charge is 2.25. The Labute approximate surface area is 218 Å². The van der Waals surface area contributed by atoms with Gasteiger partial charge in [-0.3, -0.25) is 9.52 Å². The number of aliphatic hydroxyl groups is 1. The summed E-state index contributed by atoms with van der Waals surface area (Å²) in [6, 6.07) is 15.5. The molecule has 0 aliphatic rings. The summed E-state index contributed by atoms with van der Waals surface area (Å²) in [6.45, 7) is 1.66. The lowest BCUT2D eigenvalue weighted by Gasteiger charge is -2.22. The molecule has 4 rings (SSSR count). The van der Waals surface area contributed by atoms with Crippen molar-refractivity contribution < 1.29 is 18.3 Å². The number of sulfonamides is 1. The van der Waals surface area contributed by atoms with Crippen molar-refractivity contribution in [3.05, 3.63) is 80.4 Å². The maximum atomic E-state index is 13.2. The zero-order valence-electron chi connectivity index (χ0n) is 17.6. The molecule has 12 heteroatoms. The minimum atomic E-state index is -4.07. The lowest BCUT2D eigenvalue weighted by molar-refractivity contribution is 0.0853. The van der Waals surface area contributed by atoms with Crippen molar-refractivity contribution in [2.24, 2.45) is 0 Å². The Morgan fingerprint density at radius 1 is 1.12 bits per heavy atom. The average molecular weight is 629 g/mol. The van der Waals surface area contributed by atoms with Crippen LogP contribution >= 0.6 is 45.9 Å². The van der Waals surface area contributed by atoms with E-state index in [0.29, 0.717) is 16.1 Å². The number of carbonyl (C=O) groups is 1. The standard InChI is InChI=1S/C22H18ClIN4O4S2/c1-12(21(29)13-5-7-14(23)8-6-13)25-22(30)16-10-9-15(24)11-18(16)28-34(31,32)19-4-2-3-17-20(19)27-33-26-17/h2-12,21,28-29H,1H3,(H,25,30)/t12?,21-/m1/s1. The highest BCUT2D eigenvalue weighted by molar-refractivity contribution is 14.1. The fourth-order valence-corrected chi connectivity index (χ4v) is 5.76. The fourth-order valence-electron chi connectivity index (χ4n) is 3.31. The number of fused-ring (bicyclic) bond motifs is 1. The molecule has 0 spiro atoms. The van der Waals surface area contributed by atoms with Gasteiger partial charge in [0, 0.05) is 8.59 Å². The lowest BCUT2D eigenvalue weighted by atomic mass is 10.0.